The average Bonchev–Trinajstić information content (AvgIpc) is 3.33. The Bertz CT molecular complexity index is 815. The highest BCUT2D eigenvalue weighted by atomic mass is 32.1. The maximum Gasteiger partial charge on any atom is 0.265 e. The lowest BCUT2D eigenvalue weighted by molar-refractivity contribution is 0.354. The molecule has 1 aromatic carbocycles. The fourth-order valence-corrected chi connectivity index (χ4v) is 3.60. The van der Waals surface area contributed by atoms with E-state index in [1.807, 2.05) is 49.3 Å². The zero-order valence-corrected chi connectivity index (χ0v) is 14.4. The van der Waals surface area contributed by atoms with Crippen molar-refractivity contribution in [1.29, 1.82) is 0 Å². The number of rotatable bonds is 4. The number of aromatic nitrogens is 4. The van der Waals surface area contributed by atoms with Crippen LogP contribution in [0.3, 0.4) is 0 Å². The predicted molar refractivity (Wildman–Crippen MR) is 93.3 cm³/mol. The summed E-state index contributed by atoms with van der Waals surface area (Å²) in [5.41, 5.74) is 1.03. The smallest absolute Gasteiger partial charge is 0.265 e. The van der Waals surface area contributed by atoms with Gasteiger partial charge < -0.3 is 14.3 Å². The Morgan fingerprint density at radius 2 is 2.04 bits per heavy atom. The molecule has 3 heterocycles. The summed E-state index contributed by atoms with van der Waals surface area (Å²) in [6.07, 6.45) is 2.06. The minimum absolute atomic E-state index is 0.0720. The number of nitrogens with zero attached hydrogens (tertiary/aromatic N) is 6. The van der Waals surface area contributed by atoms with Crippen molar-refractivity contribution in [2.45, 2.75) is 18.9 Å². The molecule has 24 heavy (non-hydrogen) atoms. The predicted octanol–water partition coefficient (Wildman–Crippen LogP) is 3.00. The average molecular weight is 342 g/mol. The van der Waals surface area contributed by atoms with Crippen LogP contribution in [0, 0.1) is 0 Å². The first-order valence-electron chi connectivity index (χ1n) is 7.89. The van der Waals surface area contributed by atoms with Crippen LogP contribution >= 0.6 is 11.5 Å². The lowest BCUT2D eigenvalue weighted by Gasteiger charge is -2.19. The van der Waals surface area contributed by atoms with Crippen LogP contribution in [0.25, 0.3) is 11.4 Å². The van der Waals surface area contributed by atoms with Gasteiger partial charge in [0.2, 0.25) is 5.13 Å². The Morgan fingerprint density at radius 1 is 1.21 bits per heavy atom. The van der Waals surface area contributed by atoms with E-state index in [9.17, 15) is 0 Å². The molecular formula is C16H18N6OS. The van der Waals surface area contributed by atoms with Gasteiger partial charge in [0.15, 0.2) is 5.82 Å². The fourth-order valence-electron chi connectivity index (χ4n) is 2.83. The van der Waals surface area contributed by atoms with E-state index in [1.54, 1.807) is 0 Å². The van der Waals surface area contributed by atoms with Gasteiger partial charge in [0.1, 0.15) is 6.04 Å². The molecule has 0 spiro atoms. The summed E-state index contributed by atoms with van der Waals surface area (Å²) in [6, 6.07) is 10.1. The maximum absolute atomic E-state index is 5.47. The molecule has 0 N–H and O–H groups in total. The molecule has 4 rings (SSSR count). The van der Waals surface area contributed by atoms with Crippen molar-refractivity contribution in [1.82, 2.24) is 19.5 Å². The van der Waals surface area contributed by atoms with Gasteiger partial charge in [-0.15, -0.1) is 0 Å². The summed E-state index contributed by atoms with van der Waals surface area (Å²) in [5, 5.41) is 4.93. The van der Waals surface area contributed by atoms with Crippen LogP contribution in [0.5, 0.6) is 0 Å². The Labute approximate surface area is 144 Å². The molecule has 1 aliphatic heterocycles. The Balaban J connectivity index is 1.60. The van der Waals surface area contributed by atoms with E-state index in [4.69, 9.17) is 9.51 Å². The second-order valence-electron chi connectivity index (χ2n) is 5.95. The second kappa shape index (κ2) is 6.20. The summed E-state index contributed by atoms with van der Waals surface area (Å²) >= 11 is 1.42. The van der Waals surface area contributed by atoms with E-state index < -0.39 is 0 Å². The molecule has 0 bridgehead atoms. The minimum atomic E-state index is 0.0720. The molecule has 8 heteroatoms. The van der Waals surface area contributed by atoms with E-state index in [0.717, 1.165) is 35.9 Å². The van der Waals surface area contributed by atoms with Crippen molar-refractivity contribution in [2.75, 3.05) is 30.4 Å². The summed E-state index contributed by atoms with van der Waals surface area (Å²) in [4.78, 5) is 13.3. The van der Waals surface area contributed by atoms with Crippen LogP contribution < -0.4 is 9.80 Å². The van der Waals surface area contributed by atoms with Gasteiger partial charge in [-0.3, -0.25) is 0 Å². The first-order chi connectivity index (χ1) is 11.7. The molecule has 1 aliphatic rings. The third-order valence-electron chi connectivity index (χ3n) is 4.06. The molecule has 3 aromatic rings. The van der Waals surface area contributed by atoms with Crippen LogP contribution in [0.15, 0.2) is 34.9 Å². The fraction of sp³-hybridized carbons (Fsp3) is 0.375. The van der Waals surface area contributed by atoms with E-state index in [0.29, 0.717) is 11.8 Å². The number of benzene rings is 1. The highest BCUT2D eigenvalue weighted by Crippen LogP contribution is 2.37. The Hall–Kier alpha value is -2.48. The van der Waals surface area contributed by atoms with Gasteiger partial charge in [-0.25, -0.2) is 0 Å². The molecule has 1 saturated heterocycles. The highest BCUT2D eigenvalue weighted by molar-refractivity contribution is 7.09. The number of hydrogen-bond acceptors (Lipinski definition) is 8. The van der Waals surface area contributed by atoms with Crippen molar-refractivity contribution in [3.05, 3.63) is 36.2 Å². The summed E-state index contributed by atoms with van der Waals surface area (Å²) in [7, 11) is 3.80. The zero-order valence-electron chi connectivity index (χ0n) is 13.6. The van der Waals surface area contributed by atoms with Gasteiger partial charge in [-0.1, -0.05) is 30.3 Å². The van der Waals surface area contributed by atoms with Gasteiger partial charge in [0, 0.05) is 37.7 Å². The third-order valence-corrected chi connectivity index (χ3v) is 4.82. The molecule has 2 aromatic heterocycles. The molecule has 1 fully saturated rings. The molecular weight excluding hydrogens is 324 g/mol. The van der Waals surface area contributed by atoms with E-state index in [1.165, 1.54) is 11.5 Å². The lowest BCUT2D eigenvalue weighted by atomic mass is 10.2. The third kappa shape index (κ3) is 2.73. The van der Waals surface area contributed by atoms with Crippen LogP contribution in [0.2, 0.25) is 0 Å². The molecule has 1 atom stereocenters. The standard InChI is InChI=1S/C16H18N6OS/c1-21(2)15-18-14(23-19-15)12-9-6-10-22(12)16-17-13(20-24-16)11-7-4-3-5-8-11/h3-5,7-8,12H,6,9-10H2,1-2H3. The summed E-state index contributed by atoms with van der Waals surface area (Å²) < 4.78 is 9.97. The molecule has 1 unspecified atom stereocenters. The molecule has 7 nitrogen and oxygen atoms in total. The first kappa shape index (κ1) is 15.1. The van der Waals surface area contributed by atoms with Crippen molar-refractivity contribution in [2.24, 2.45) is 0 Å². The van der Waals surface area contributed by atoms with Crippen LogP contribution in [-0.2, 0) is 0 Å². The lowest BCUT2D eigenvalue weighted by Crippen LogP contribution is -2.22. The minimum Gasteiger partial charge on any atom is -0.344 e. The van der Waals surface area contributed by atoms with E-state index >= 15 is 0 Å². The van der Waals surface area contributed by atoms with Crippen LogP contribution in [0.1, 0.15) is 24.8 Å². The molecule has 0 saturated carbocycles. The van der Waals surface area contributed by atoms with Crippen molar-refractivity contribution in [3.8, 4) is 11.4 Å². The summed E-state index contributed by atoms with van der Waals surface area (Å²) in [6.45, 7) is 0.924. The van der Waals surface area contributed by atoms with Crippen molar-refractivity contribution in [3.63, 3.8) is 0 Å². The number of hydrogen-bond donors (Lipinski definition) is 0. The van der Waals surface area contributed by atoms with Gasteiger partial charge in [0.25, 0.3) is 11.8 Å². The quantitative estimate of drug-likeness (QED) is 0.722. The van der Waals surface area contributed by atoms with Crippen molar-refractivity contribution >= 4 is 22.6 Å². The Kier molecular flexibility index (Phi) is 3.89. The zero-order chi connectivity index (χ0) is 16.5. The van der Waals surface area contributed by atoms with Crippen LogP contribution in [-0.4, -0.2) is 40.1 Å². The van der Waals surface area contributed by atoms with E-state index in [2.05, 4.69) is 19.4 Å². The van der Waals surface area contributed by atoms with Crippen molar-refractivity contribution < 1.29 is 4.52 Å². The Morgan fingerprint density at radius 3 is 2.79 bits per heavy atom. The normalized spacial score (nSPS) is 17.4. The van der Waals surface area contributed by atoms with E-state index in [-0.39, 0.29) is 6.04 Å². The molecule has 0 amide bonds. The van der Waals surface area contributed by atoms with Gasteiger partial charge in [0.05, 0.1) is 0 Å². The number of anilines is 2. The molecule has 124 valence electrons. The molecule has 0 aliphatic carbocycles. The van der Waals surface area contributed by atoms with Gasteiger partial charge in [-0.2, -0.15) is 14.3 Å². The highest BCUT2D eigenvalue weighted by Gasteiger charge is 2.33. The maximum atomic E-state index is 5.47. The van der Waals surface area contributed by atoms with Gasteiger partial charge >= 0.3 is 0 Å². The van der Waals surface area contributed by atoms with Gasteiger partial charge in [-0.05, 0) is 18.0 Å². The topological polar surface area (TPSA) is 71.2 Å². The second-order valence-corrected chi connectivity index (χ2v) is 6.68. The summed E-state index contributed by atoms with van der Waals surface area (Å²) in [5.74, 6) is 2.01. The van der Waals surface area contributed by atoms with Crippen LogP contribution in [0.4, 0.5) is 11.1 Å². The SMILES string of the molecule is CN(C)c1noc(C2CCCN2c2nc(-c3ccccc3)ns2)n1. The monoisotopic (exact) mass is 342 g/mol. The molecule has 0 radical (unpaired) electrons. The largest absolute Gasteiger partial charge is 0.344 e. The first-order valence-corrected chi connectivity index (χ1v) is 8.66.